The van der Waals surface area contributed by atoms with E-state index < -0.39 is 76.0 Å². The van der Waals surface area contributed by atoms with Gasteiger partial charge in [-0.15, -0.1) is 0 Å². The maximum atomic E-state index is 12.5. The highest BCUT2D eigenvalue weighted by Gasteiger charge is 2.26. The van der Waals surface area contributed by atoms with Gasteiger partial charge in [-0.05, 0) is 43.2 Å². The van der Waals surface area contributed by atoms with Gasteiger partial charge < -0.3 is 31.1 Å². The molecule has 0 heterocycles. The number of carbonyl (C=O) groups is 2. The number of nitrogens with one attached hydrogen (secondary N) is 2. The van der Waals surface area contributed by atoms with Gasteiger partial charge in [0.2, 0.25) is 0 Å². The lowest BCUT2D eigenvalue weighted by Crippen LogP contribution is -2.35. The van der Waals surface area contributed by atoms with Crippen molar-refractivity contribution in [2.45, 2.75) is 35.5 Å². The van der Waals surface area contributed by atoms with Crippen molar-refractivity contribution in [1.82, 2.24) is 10.6 Å². The summed E-state index contributed by atoms with van der Waals surface area (Å²) in [6.07, 6.45) is 2.68. The lowest BCUT2D eigenvalue weighted by atomic mass is 9.81. The summed E-state index contributed by atoms with van der Waals surface area (Å²) in [6, 6.07) is 2.65. The third-order valence-electron chi connectivity index (χ3n) is 6.21. The van der Waals surface area contributed by atoms with Crippen molar-refractivity contribution in [1.29, 1.82) is 0 Å². The minimum absolute atomic E-state index is 0.0737. The minimum Gasteiger partial charge on any atom is -0.504 e. The van der Waals surface area contributed by atoms with E-state index in [1.807, 2.05) is 0 Å². The van der Waals surface area contributed by atoms with Crippen molar-refractivity contribution < 1.29 is 56.0 Å². The monoisotopic (exact) mass is 574 g/mol. The Kier molecular flexibility index (Phi) is 8.40. The fraction of sp³-hybridized carbons (Fsp3) is 0.364. The predicted molar refractivity (Wildman–Crippen MR) is 129 cm³/mol. The number of hydrogen-bond acceptors (Lipinski definition) is 10. The molecule has 2 amide bonds. The Morgan fingerprint density at radius 1 is 0.711 bits per heavy atom. The number of hydrogen-bond donors (Lipinski definition) is 8. The van der Waals surface area contributed by atoms with Crippen molar-refractivity contribution in [2.75, 3.05) is 13.1 Å². The molecule has 3 rings (SSSR count). The van der Waals surface area contributed by atoms with Crippen LogP contribution in [-0.4, -0.2) is 71.3 Å². The van der Waals surface area contributed by atoms with E-state index in [9.17, 15) is 46.9 Å². The van der Waals surface area contributed by atoms with Gasteiger partial charge in [0.05, 0.1) is 20.9 Å². The summed E-state index contributed by atoms with van der Waals surface area (Å²) in [5, 5.41) is 44.4. The summed E-state index contributed by atoms with van der Waals surface area (Å²) < 4.78 is 63.7. The standard InChI is InChI=1S/C22H26N2O12S2/c25-17-7-13(37(31,32)33)5-15(19(17)27)21(29)23-9-11-2-1-3-12(4-11)10-24-22(30)16-6-14(38(34,35)36)8-18(26)20(16)28/h5-8,11-12,25-28H,1-4,9-10H2,(H,23,29)(H,24,30)(H,31,32,33)(H,34,35,36). The largest absolute Gasteiger partial charge is 0.504 e. The normalized spacial score (nSPS) is 18.1. The van der Waals surface area contributed by atoms with Gasteiger partial charge in [0, 0.05) is 25.2 Å². The molecule has 1 aliphatic rings. The van der Waals surface area contributed by atoms with Gasteiger partial charge >= 0.3 is 0 Å². The van der Waals surface area contributed by atoms with Crippen LogP contribution in [0.25, 0.3) is 0 Å². The molecule has 0 spiro atoms. The minimum atomic E-state index is -4.75. The molecule has 1 saturated carbocycles. The maximum Gasteiger partial charge on any atom is 0.294 e. The van der Waals surface area contributed by atoms with Crippen molar-refractivity contribution in [3.8, 4) is 23.0 Å². The van der Waals surface area contributed by atoms with Crippen LogP contribution in [0.1, 0.15) is 46.4 Å². The highest BCUT2D eigenvalue weighted by molar-refractivity contribution is 7.86. The van der Waals surface area contributed by atoms with Crippen LogP contribution in [0.5, 0.6) is 23.0 Å². The highest BCUT2D eigenvalue weighted by Crippen LogP contribution is 2.34. The summed E-state index contributed by atoms with van der Waals surface area (Å²) in [5.41, 5.74) is -1.10. The molecule has 16 heteroatoms. The number of aromatic hydroxyl groups is 4. The Balaban J connectivity index is 1.61. The molecule has 0 aliphatic heterocycles. The first kappa shape index (κ1) is 29.0. The Morgan fingerprint density at radius 3 is 1.42 bits per heavy atom. The second-order valence-corrected chi connectivity index (χ2v) is 11.8. The zero-order chi connectivity index (χ0) is 28.4. The van der Waals surface area contributed by atoms with Crippen LogP contribution in [0.15, 0.2) is 34.1 Å². The molecule has 0 radical (unpaired) electrons. The molecule has 2 unspecified atom stereocenters. The zero-order valence-corrected chi connectivity index (χ0v) is 21.3. The lowest BCUT2D eigenvalue weighted by Gasteiger charge is -2.29. The van der Waals surface area contributed by atoms with Crippen LogP contribution in [0, 0.1) is 11.8 Å². The van der Waals surface area contributed by atoms with Gasteiger partial charge in [-0.25, -0.2) is 0 Å². The lowest BCUT2D eigenvalue weighted by molar-refractivity contribution is 0.0932. The fourth-order valence-corrected chi connectivity index (χ4v) is 5.32. The molecule has 14 nitrogen and oxygen atoms in total. The van der Waals surface area contributed by atoms with E-state index in [1.165, 1.54) is 0 Å². The van der Waals surface area contributed by atoms with E-state index in [0.717, 1.165) is 18.6 Å². The summed E-state index contributed by atoms with van der Waals surface area (Å²) in [4.78, 5) is 23.5. The summed E-state index contributed by atoms with van der Waals surface area (Å²) >= 11 is 0. The molecule has 1 fully saturated rings. The van der Waals surface area contributed by atoms with E-state index >= 15 is 0 Å². The van der Waals surface area contributed by atoms with Gasteiger partial charge in [0.25, 0.3) is 32.1 Å². The van der Waals surface area contributed by atoms with E-state index in [1.54, 1.807) is 0 Å². The third-order valence-corrected chi connectivity index (χ3v) is 7.87. The molecular weight excluding hydrogens is 548 g/mol. The Hall–Kier alpha value is -3.60. The first-order valence-electron chi connectivity index (χ1n) is 11.2. The number of phenolic OH excluding ortho intramolecular Hbond substituents is 4. The molecular formula is C22H26N2O12S2. The first-order chi connectivity index (χ1) is 17.6. The molecule has 1 aliphatic carbocycles. The predicted octanol–water partition coefficient (Wildman–Crippen LogP) is 0.969. The van der Waals surface area contributed by atoms with Gasteiger partial charge in [0.15, 0.2) is 23.0 Å². The second-order valence-electron chi connectivity index (χ2n) is 8.95. The number of rotatable bonds is 8. The van der Waals surface area contributed by atoms with E-state index in [-0.39, 0.29) is 24.9 Å². The molecule has 38 heavy (non-hydrogen) atoms. The van der Waals surface area contributed by atoms with Crippen LogP contribution in [-0.2, 0) is 20.2 Å². The van der Waals surface area contributed by atoms with Crippen molar-refractivity contribution >= 4 is 32.1 Å². The van der Waals surface area contributed by atoms with Crippen molar-refractivity contribution in [2.24, 2.45) is 11.8 Å². The van der Waals surface area contributed by atoms with Crippen LogP contribution in [0.3, 0.4) is 0 Å². The van der Waals surface area contributed by atoms with Gasteiger partial charge in [-0.1, -0.05) is 6.42 Å². The summed E-state index contributed by atoms with van der Waals surface area (Å²) in [7, 11) is -9.49. The third kappa shape index (κ3) is 6.83. The Morgan fingerprint density at radius 2 is 1.08 bits per heavy atom. The SMILES string of the molecule is O=C(NCC1CCCC(CNC(=O)c2cc(S(=O)(=O)O)cc(O)c2O)C1)c1cc(S(=O)(=O)O)cc(O)c1O. The second kappa shape index (κ2) is 11.0. The number of benzene rings is 2. The Bertz CT molecular complexity index is 1360. The average Bonchev–Trinajstić information content (AvgIpc) is 2.83. The molecule has 0 saturated heterocycles. The van der Waals surface area contributed by atoms with E-state index in [2.05, 4.69) is 10.6 Å². The first-order valence-corrected chi connectivity index (χ1v) is 14.1. The number of phenols is 4. The summed E-state index contributed by atoms with van der Waals surface area (Å²) in [5.74, 6) is -5.43. The zero-order valence-electron chi connectivity index (χ0n) is 19.7. The van der Waals surface area contributed by atoms with Gasteiger partial charge in [0.1, 0.15) is 0 Å². The average molecular weight is 575 g/mol. The topological polar surface area (TPSA) is 248 Å². The molecule has 0 bridgehead atoms. The quantitative estimate of drug-likeness (QED) is 0.162. The molecule has 2 aromatic carbocycles. The van der Waals surface area contributed by atoms with Crippen LogP contribution in [0.2, 0.25) is 0 Å². The molecule has 0 aromatic heterocycles. The van der Waals surface area contributed by atoms with E-state index in [4.69, 9.17) is 9.11 Å². The van der Waals surface area contributed by atoms with Crippen molar-refractivity contribution in [3.05, 3.63) is 35.4 Å². The summed E-state index contributed by atoms with van der Waals surface area (Å²) in [6.45, 7) is 0.231. The molecule has 8 N–H and O–H groups in total. The van der Waals surface area contributed by atoms with Crippen molar-refractivity contribution in [3.63, 3.8) is 0 Å². The van der Waals surface area contributed by atoms with Crippen LogP contribution < -0.4 is 10.6 Å². The molecule has 2 aromatic rings. The Labute approximate surface area is 217 Å². The highest BCUT2D eigenvalue weighted by atomic mass is 32.2. The number of amides is 2. The molecule has 208 valence electrons. The van der Waals surface area contributed by atoms with Crippen LogP contribution >= 0.6 is 0 Å². The van der Waals surface area contributed by atoms with E-state index in [0.29, 0.717) is 31.4 Å². The smallest absolute Gasteiger partial charge is 0.294 e. The fourth-order valence-electron chi connectivity index (χ4n) is 4.27. The van der Waals surface area contributed by atoms with Gasteiger partial charge in [-0.2, -0.15) is 16.8 Å². The van der Waals surface area contributed by atoms with Crippen LogP contribution in [0.4, 0.5) is 0 Å². The maximum absolute atomic E-state index is 12.5. The number of carbonyl (C=O) groups excluding carboxylic acids is 2. The molecule has 2 atom stereocenters. The van der Waals surface area contributed by atoms with Gasteiger partial charge in [-0.3, -0.25) is 18.7 Å².